The number of rotatable bonds is 7. The van der Waals surface area contributed by atoms with Crippen molar-refractivity contribution in [3.05, 3.63) is 94.7 Å². The average Bonchev–Trinajstić information content (AvgIpc) is 3.60. The molecule has 3 heterocycles. The molecule has 238 valence electrons. The van der Waals surface area contributed by atoms with Crippen molar-refractivity contribution in [3.63, 3.8) is 0 Å². The Morgan fingerprint density at radius 1 is 0.978 bits per heavy atom. The maximum atomic E-state index is 14.9. The minimum Gasteiger partial charge on any atom is -0.496 e. The largest absolute Gasteiger partial charge is 0.496 e. The predicted molar refractivity (Wildman–Crippen MR) is 148 cm³/mol. The molecular weight excluding hydrogens is 609 g/mol. The zero-order valence-electron chi connectivity index (χ0n) is 24.4. The van der Waals surface area contributed by atoms with E-state index in [0.717, 1.165) is 4.90 Å². The van der Waals surface area contributed by atoms with Crippen molar-refractivity contribution in [1.29, 1.82) is 0 Å². The number of pyridine rings is 1. The molecule has 1 amide bonds. The highest BCUT2D eigenvalue weighted by Crippen LogP contribution is 2.42. The minimum absolute atomic E-state index is 0.0151. The van der Waals surface area contributed by atoms with Crippen LogP contribution in [-0.2, 0) is 23.6 Å². The van der Waals surface area contributed by atoms with Crippen LogP contribution in [0.25, 0.3) is 16.9 Å². The number of hydrogen-bond donors (Lipinski definition) is 0. The van der Waals surface area contributed by atoms with Gasteiger partial charge in [0.25, 0.3) is 0 Å². The van der Waals surface area contributed by atoms with Crippen LogP contribution >= 0.6 is 0 Å². The van der Waals surface area contributed by atoms with Crippen LogP contribution in [0.1, 0.15) is 60.7 Å². The first-order valence-electron chi connectivity index (χ1n) is 13.7. The van der Waals surface area contributed by atoms with Crippen LogP contribution in [0.3, 0.4) is 0 Å². The van der Waals surface area contributed by atoms with Crippen LogP contribution in [0.15, 0.2) is 60.9 Å². The summed E-state index contributed by atoms with van der Waals surface area (Å²) in [6.07, 6.45) is -9.40. The molecule has 0 spiro atoms. The smallest absolute Gasteiger partial charge is 0.416 e. The van der Waals surface area contributed by atoms with Gasteiger partial charge in [-0.1, -0.05) is 13.8 Å². The Kier molecular flexibility index (Phi) is 8.27. The fraction of sp³-hybridized carbons (Fsp3) is 0.323. The van der Waals surface area contributed by atoms with Crippen LogP contribution in [0, 0.1) is 5.82 Å². The highest BCUT2D eigenvalue weighted by molar-refractivity contribution is 5.76. The van der Waals surface area contributed by atoms with Gasteiger partial charge in [0, 0.05) is 29.6 Å². The first-order valence-corrected chi connectivity index (χ1v) is 13.7. The Morgan fingerprint density at radius 2 is 1.64 bits per heavy atom. The molecule has 4 aromatic rings. The second kappa shape index (κ2) is 11.7. The fourth-order valence-electron chi connectivity index (χ4n) is 5.25. The normalized spacial score (nSPS) is 17.2. The molecule has 1 aliphatic rings. The van der Waals surface area contributed by atoms with Gasteiger partial charge >= 0.3 is 18.4 Å². The van der Waals surface area contributed by atoms with E-state index in [9.17, 15) is 35.5 Å². The van der Waals surface area contributed by atoms with Gasteiger partial charge in [0.1, 0.15) is 17.7 Å². The lowest BCUT2D eigenvalue weighted by Crippen LogP contribution is -2.32. The number of methoxy groups -OCH3 is 1. The zero-order chi connectivity index (χ0) is 32.8. The van der Waals surface area contributed by atoms with Gasteiger partial charge in [-0.3, -0.25) is 4.90 Å². The number of amides is 1. The number of hydrogen-bond acceptors (Lipinski definition) is 5. The van der Waals surface area contributed by atoms with Gasteiger partial charge in [-0.15, -0.1) is 0 Å². The third kappa shape index (κ3) is 6.31. The number of cyclic esters (lactones) is 1. The Hall–Kier alpha value is -4.62. The Morgan fingerprint density at radius 3 is 2.20 bits per heavy atom. The van der Waals surface area contributed by atoms with E-state index in [0.29, 0.717) is 34.6 Å². The summed E-state index contributed by atoms with van der Waals surface area (Å²) in [4.78, 5) is 19.0. The Bertz CT molecular complexity index is 1690. The van der Waals surface area contributed by atoms with E-state index in [2.05, 4.69) is 5.10 Å². The van der Waals surface area contributed by atoms with E-state index >= 15 is 0 Å². The minimum atomic E-state index is -5.07. The topological polar surface area (TPSA) is 69.5 Å². The van der Waals surface area contributed by atoms with Gasteiger partial charge in [0.05, 0.1) is 36.5 Å². The molecule has 1 saturated heterocycles. The van der Waals surface area contributed by atoms with Gasteiger partial charge in [0.15, 0.2) is 5.82 Å². The molecule has 14 heteroatoms. The number of halogens is 7. The highest BCUT2D eigenvalue weighted by Gasteiger charge is 2.43. The van der Waals surface area contributed by atoms with Crippen molar-refractivity contribution in [2.75, 3.05) is 7.11 Å². The van der Waals surface area contributed by atoms with Crippen LogP contribution in [-0.4, -0.2) is 38.9 Å². The maximum Gasteiger partial charge on any atom is 0.416 e. The molecule has 2 aromatic carbocycles. The van der Waals surface area contributed by atoms with E-state index in [1.165, 1.54) is 31.0 Å². The number of ether oxygens (including phenoxy) is 2. The molecule has 1 fully saturated rings. The van der Waals surface area contributed by atoms with Gasteiger partial charge in [-0.25, -0.2) is 18.9 Å². The molecule has 1 aliphatic heterocycles. The molecule has 2 atom stereocenters. The molecule has 5 rings (SSSR count). The number of benzene rings is 2. The lowest BCUT2D eigenvalue weighted by Gasteiger charge is -2.24. The van der Waals surface area contributed by atoms with Gasteiger partial charge in [-0.05, 0) is 66.4 Å². The number of carbonyl (C=O) groups is 1. The number of carbonyl (C=O) groups excluding carboxylic acids is 1. The summed E-state index contributed by atoms with van der Waals surface area (Å²) in [5.74, 6) is -0.135. The lowest BCUT2D eigenvalue weighted by molar-refractivity contribution is -0.143. The van der Waals surface area contributed by atoms with Crippen LogP contribution in [0.4, 0.5) is 35.5 Å². The molecule has 0 unspecified atom stereocenters. The van der Waals surface area contributed by atoms with Crippen molar-refractivity contribution in [2.24, 2.45) is 0 Å². The summed E-state index contributed by atoms with van der Waals surface area (Å²) in [6, 6.07) is 7.96. The first kappa shape index (κ1) is 31.8. The van der Waals surface area contributed by atoms with Crippen molar-refractivity contribution in [2.45, 2.75) is 57.7 Å². The van der Waals surface area contributed by atoms with Crippen molar-refractivity contribution < 1.29 is 45.0 Å². The highest BCUT2D eigenvalue weighted by atomic mass is 19.4. The Labute approximate surface area is 253 Å². The van der Waals surface area contributed by atoms with Gasteiger partial charge < -0.3 is 9.47 Å². The molecule has 0 saturated carbocycles. The third-order valence-corrected chi connectivity index (χ3v) is 7.58. The van der Waals surface area contributed by atoms with Gasteiger partial charge in [0.2, 0.25) is 0 Å². The monoisotopic (exact) mass is 636 g/mol. The number of nitrogens with zero attached hydrogens (tertiary/aromatic N) is 4. The van der Waals surface area contributed by atoms with E-state index in [1.807, 2.05) is 13.8 Å². The SMILES string of the molecule is COc1cc(F)c(C(C)C)cc1-c1ccc(-n2cccn2)nc1CN1C(=O)O[C@H](c2cc(C(F)(F)F)cc(C(F)(F)F)c2)[C@@H]1C. The van der Waals surface area contributed by atoms with Crippen molar-refractivity contribution >= 4 is 6.09 Å². The van der Waals surface area contributed by atoms with E-state index < -0.39 is 53.1 Å². The number of alkyl halides is 6. The maximum absolute atomic E-state index is 14.9. The van der Waals surface area contributed by atoms with Crippen LogP contribution in [0.2, 0.25) is 0 Å². The quantitative estimate of drug-likeness (QED) is 0.191. The summed E-state index contributed by atoms with van der Waals surface area (Å²) in [6.45, 7) is 4.82. The van der Waals surface area contributed by atoms with E-state index in [1.54, 1.807) is 30.5 Å². The zero-order valence-corrected chi connectivity index (χ0v) is 24.4. The molecule has 45 heavy (non-hydrogen) atoms. The van der Waals surface area contributed by atoms with E-state index in [4.69, 9.17) is 14.5 Å². The molecule has 0 aliphatic carbocycles. The van der Waals surface area contributed by atoms with Crippen LogP contribution in [0.5, 0.6) is 5.75 Å². The third-order valence-electron chi connectivity index (χ3n) is 7.58. The average molecular weight is 637 g/mol. The molecule has 7 nitrogen and oxygen atoms in total. The Balaban J connectivity index is 1.59. The number of aromatic nitrogens is 3. The van der Waals surface area contributed by atoms with E-state index in [-0.39, 0.29) is 30.0 Å². The second-order valence-electron chi connectivity index (χ2n) is 10.9. The van der Waals surface area contributed by atoms with Crippen LogP contribution < -0.4 is 4.74 Å². The lowest BCUT2D eigenvalue weighted by atomic mass is 9.94. The second-order valence-corrected chi connectivity index (χ2v) is 10.9. The summed E-state index contributed by atoms with van der Waals surface area (Å²) in [5.41, 5.74) is -1.92. The molecule has 0 bridgehead atoms. The molecular formula is C31H27F7N4O3. The van der Waals surface area contributed by atoms with Crippen molar-refractivity contribution in [3.8, 4) is 22.7 Å². The summed E-state index contributed by atoms with van der Waals surface area (Å²) < 4.78 is 108. The first-order chi connectivity index (χ1) is 21.1. The van der Waals surface area contributed by atoms with Gasteiger partial charge in [-0.2, -0.15) is 31.4 Å². The summed E-state index contributed by atoms with van der Waals surface area (Å²) in [7, 11) is 1.37. The predicted octanol–water partition coefficient (Wildman–Crippen LogP) is 8.33. The molecule has 2 aromatic heterocycles. The standard InChI is InChI=1S/C31H27F7N4O3/c1-16(2)22-13-23(26(44-4)14-24(22)32)21-6-7-27(42-9-5-8-39-42)40-25(21)15-41-17(3)28(45-29(41)43)18-10-19(30(33,34)35)12-20(11-18)31(36,37)38/h5-14,16-17,28H,15H2,1-4H3/t17-,28-/m0/s1. The summed E-state index contributed by atoms with van der Waals surface area (Å²) >= 11 is 0. The molecule has 0 radical (unpaired) electrons. The van der Waals surface area contributed by atoms with Crippen molar-refractivity contribution in [1.82, 2.24) is 19.7 Å². The molecule has 0 N–H and O–H groups in total. The fourth-order valence-corrected chi connectivity index (χ4v) is 5.25. The summed E-state index contributed by atoms with van der Waals surface area (Å²) in [5, 5.41) is 4.17.